The maximum atomic E-state index is 9.32. The van der Waals surface area contributed by atoms with E-state index in [0.717, 1.165) is 38.7 Å². The Bertz CT molecular complexity index is 153. The van der Waals surface area contributed by atoms with E-state index in [-0.39, 0.29) is 18.8 Å². The normalized spacial score (nSPS) is 29.4. The number of hydrogen-bond acceptors (Lipinski definition) is 3. The van der Waals surface area contributed by atoms with Crippen LogP contribution in [-0.4, -0.2) is 35.6 Å². The van der Waals surface area contributed by atoms with Crippen LogP contribution in [0.2, 0.25) is 0 Å². The molecule has 1 saturated heterocycles. The van der Waals surface area contributed by atoms with Crippen molar-refractivity contribution in [3.8, 4) is 0 Å². The third kappa shape index (κ3) is 3.23. The topological polar surface area (TPSA) is 49.7 Å². The first kappa shape index (κ1) is 12.0. The fourth-order valence-corrected chi connectivity index (χ4v) is 2.28. The molecule has 0 bridgehead atoms. The highest BCUT2D eigenvalue weighted by atomic mass is 16.5. The van der Waals surface area contributed by atoms with Crippen molar-refractivity contribution in [2.75, 3.05) is 19.8 Å². The van der Waals surface area contributed by atoms with Crippen LogP contribution in [0.4, 0.5) is 0 Å². The van der Waals surface area contributed by atoms with Crippen LogP contribution in [-0.2, 0) is 4.74 Å². The Kier molecular flexibility index (Phi) is 4.85. The minimum Gasteiger partial charge on any atom is -0.396 e. The van der Waals surface area contributed by atoms with E-state index in [0.29, 0.717) is 5.92 Å². The third-order valence-corrected chi connectivity index (χ3v) is 3.05. The molecule has 1 rings (SSSR count). The Morgan fingerprint density at radius 1 is 1.43 bits per heavy atom. The van der Waals surface area contributed by atoms with Gasteiger partial charge in [0.1, 0.15) is 0 Å². The molecule has 14 heavy (non-hydrogen) atoms. The molecule has 84 valence electrons. The van der Waals surface area contributed by atoms with Crippen molar-refractivity contribution in [2.24, 2.45) is 5.92 Å². The average molecular weight is 202 g/mol. The van der Waals surface area contributed by atoms with Gasteiger partial charge in [-0.2, -0.15) is 0 Å². The molecule has 0 radical (unpaired) electrons. The van der Waals surface area contributed by atoms with E-state index >= 15 is 0 Å². The van der Waals surface area contributed by atoms with Crippen LogP contribution >= 0.6 is 0 Å². The molecule has 1 aliphatic heterocycles. The maximum absolute atomic E-state index is 9.32. The Morgan fingerprint density at radius 3 is 2.71 bits per heavy atom. The van der Waals surface area contributed by atoms with Gasteiger partial charge < -0.3 is 14.9 Å². The Labute approximate surface area is 86.1 Å². The van der Waals surface area contributed by atoms with Crippen molar-refractivity contribution in [1.82, 2.24) is 0 Å². The van der Waals surface area contributed by atoms with Gasteiger partial charge in [-0.15, -0.1) is 0 Å². The lowest BCUT2D eigenvalue weighted by molar-refractivity contribution is -0.0536. The maximum Gasteiger partial charge on any atom is 0.0915 e. The summed E-state index contributed by atoms with van der Waals surface area (Å²) in [5, 5.41) is 18.0. The molecular weight excluding hydrogens is 180 g/mol. The van der Waals surface area contributed by atoms with Crippen molar-refractivity contribution < 1.29 is 14.9 Å². The number of aliphatic hydroxyl groups excluding tert-OH is 2. The van der Waals surface area contributed by atoms with Crippen LogP contribution in [0.25, 0.3) is 0 Å². The first-order valence-corrected chi connectivity index (χ1v) is 5.58. The van der Waals surface area contributed by atoms with E-state index in [9.17, 15) is 5.11 Å². The monoisotopic (exact) mass is 202 g/mol. The lowest BCUT2D eigenvalue weighted by atomic mass is 9.87. The molecule has 2 N–H and O–H groups in total. The van der Waals surface area contributed by atoms with Gasteiger partial charge in [0.05, 0.1) is 12.2 Å². The van der Waals surface area contributed by atoms with Crippen molar-refractivity contribution in [1.29, 1.82) is 0 Å². The van der Waals surface area contributed by atoms with Crippen LogP contribution < -0.4 is 0 Å². The smallest absolute Gasteiger partial charge is 0.0915 e. The van der Waals surface area contributed by atoms with E-state index in [2.05, 4.69) is 6.92 Å². The van der Waals surface area contributed by atoms with Gasteiger partial charge in [-0.05, 0) is 38.0 Å². The highest BCUT2D eigenvalue weighted by Crippen LogP contribution is 2.32. The molecule has 0 aliphatic carbocycles. The Hall–Kier alpha value is -0.120. The van der Waals surface area contributed by atoms with E-state index in [1.54, 1.807) is 0 Å². The lowest BCUT2D eigenvalue weighted by Gasteiger charge is -2.29. The summed E-state index contributed by atoms with van der Waals surface area (Å²) in [5.41, 5.74) is -0.269. The molecule has 1 heterocycles. The van der Waals surface area contributed by atoms with E-state index in [1.165, 1.54) is 0 Å². The average Bonchev–Trinajstić information content (AvgIpc) is 2.64. The van der Waals surface area contributed by atoms with Gasteiger partial charge in [0.2, 0.25) is 0 Å². The zero-order valence-corrected chi connectivity index (χ0v) is 9.04. The first-order valence-electron chi connectivity index (χ1n) is 5.58. The van der Waals surface area contributed by atoms with E-state index < -0.39 is 0 Å². The van der Waals surface area contributed by atoms with Crippen molar-refractivity contribution in [3.63, 3.8) is 0 Å². The molecule has 0 aromatic carbocycles. The van der Waals surface area contributed by atoms with Gasteiger partial charge in [-0.3, -0.25) is 0 Å². The van der Waals surface area contributed by atoms with Crippen molar-refractivity contribution in [3.05, 3.63) is 0 Å². The van der Waals surface area contributed by atoms with Crippen LogP contribution in [0.5, 0.6) is 0 Å². The molecule has 1 aliphatic rings. The zero-order chi connectivity index (χ0) is 10.4. The molecule has 0 aromatic heterocycles. The summed E-state index contributed by atoms with van der Waals surface area (Å²) in [5.74, 6) is 0.521. The molecule has 0 saturated carbocycles. The van der Waals surface area contributed by atoms with Gasteiger partial charge in [0.25, 0.3) is 0 Å². The van der Waals surface area contributed by atoms with Crippen LogP contribution in [0.1, 0.15) is 39.0 Å². The summed E-state index contributed by atoms with van der Waals surface area (Å²) in [6.45, 7) is 3.34. The number of aliphatic hydroxyl groups is 2. The zero-order valence-electron chi connectivity index (χ0n) is 9.04. The summed E-state index contributed by atoms with van der Waals surface area (Å²) >= 11 is 0. The quantitative estimate of drug-likeness (QED) is 0.683. The van der Waals surface area contributed by atoms with Gasteiger partial charge >= 0.3 is 0 Å². The molecule has 0 spiro atoms. The molecule has 0 aromatic rings. The van der Waals surface area contributed by atoms with Gasteiger partial charge in [0, 0.05) is 13.2 Å². The molecule has 3 nitrogen and oxygen atoms in total. The molecular formula is C11H22O3. The molecule has 2 atom stereocenters. The number of ether oxygens (including phenoxy) is 1. The Balaban J connectivity index is 2.32. The second-order valence-corrected chi connectivity index (χ2v) is 4.47. The number of rotatable bonds is 6. The first-order chi connectivity index (χ1) is 6.72. The highest BCUT2D eigenvalue weighted by molar-refractivity contribution is 4.85. The third-order valence-electron chi connectivity index (χ3n) is 3.05. The predicted molar refractivity (Wildman–Crippen MR) is 55.1 cm³/mol. The lowest BCUT2D eigenvalue weighted by Crippen LogP contribution is -2.34. The predicted octanol–water partition coefficient (Wildman–Crippen LogP) is 1.33. The largest absolute Gasteiger partial charge is 0.396 e. The molecule has 3 heteroatoms. The standard InChI is InChI=1S/C11H22O3/c1-10(4-2-6-12)8-11(9-13)5-3-7-14-11/h10,12-13H,2-9H2,1H3/t10-,11+/m0/s1. The molecule has 1 fully saturated rings. The highest BCUT2D eigenvalue weighted by Gasteiger charge is 2.35. The van der Waals surface area contributed by atoms with Crippen LogP contribution in [0, 0.1) is 5.92 Å². The summed E-state index contributed by atoms with van der Waals surface area (Å²) in [7, 11) is 0. The van der Waals surface area contributed by atoms with Crippen LogP contribution in [0.3, 0.4) is 0 Å². The second-order valence-electron chi connectivity index (χ2n) is 4.47. The number of hydrogen-bond donors (Lipinski definition) is 2. The van der Waals surface area contributed by atoms with E-state index in [1.807, 2.05) is 0 Å². The summed E-state index contributed by atoms with van der Waals surface area (Å²) in [4.78, 5) is 0. The minimum atomic E-state index is -0.269. The summed E-state index contributed by atoms with van der Waals surface area (Å²) < 4.78 is 5.63. The fourth-order valence-electron chi connectivity index (χ4n) is 2.28. The van der Waals surface area contributed by atoms with Crippen molar-refractivity contribution in [2.45, 2.75) is 44.6 Å². The fraction of sp³-hybridized carbons (Fsp3) is 1.00. The Morgan fingerprint density at radius 2 is 2.21 bits per heavy atom. The van der Waals surface area contributed by atoms with E-state index in [4.69, 9.17) is 9.84 Å². The van der Waals surface area contributed by atoms with Gasteiger partial charge in [-0.25, -0.2) is 0 Å². The molecule has 0 amide bonds. The van der Waals surface area contributed by atoms with Gasteiger partial charge in [-0.1, -0.05) is 6.92 Å². The minimum absolute atomic E-state index is 0.135. The summed E-state index contributed by atoms with van der Waals surface area (Å²) in [6.07, 6.45) is 4.83. The van der Waals surface area contributed by atoms with Crippen LogP contribution in [0.15, 0.2) is 0 Å². The second kappa shape index (κ2) is 5.69. The van der Waals surface area contributed by atoms with Crippen molar-refractivity contribution >= 4 is 0 Å². The summed E-state index contributed by atoms with van der Waals surface area (Å²) in [6, 6.07) is 0. The van der Waals surface area contributed by atoms with Gasteiger partial charge in [0.15, 0.2) is 0 Å². The molecule has 0 unspecified atom stereocenters. The SMILES string of the molecule is C[C@@H](CCCO)C[C@@]1(CO)CCCO1.